The van der Waals surface area contributed by atoms with Crippen LogP contribution in [0.15, 0.2) is 5.38 Å². The fourth-order valence-corrected chi connectivity index (χ4v) is 3.16. The smallest absolute Gasteiger partial charge is 0.235 e. The molecule has 1 aliphatic rings. The second-order valence-electron chi connectivity index (χ2n) is 3.16. The number of sulfonamides is 1. The van der Waals surface area contributed by atoms with Crippen molar-refractivity contribution in [2.24, 2.45) is 0 Å². The van der Waals surface area contributed by atoms with Crippen LogP contribution in [0.25, 0.3) is 0 Å². The predicted octanol–water partition coefficient (Wildman–Crippen LogP) is 1.36. The molecule has 13 heavy (non-hydrogen) atoms. The summed E-state index contributed by atoms with van der Waals surface area (Å²) < 4.78 is 29.5. The van der Waals surface area contributed by atoms with E-state index in [1.807, 2.05) is 0 Å². The minimum absolute atomic E-state index is 0.174. The Morgan fingerprint density at radius 2 is 2.31 bits per heavy atom. The lowest BCUT2D eigenvalue weighted by molar-refractivity contribution is 0.600. The zero-order valence-corrected chi connectivity index (χ0v) is 8.78. The van der Waals surface area contributed by atoms with Crippen molar-refractivity contribution in [3.05, 3.63) is 11.1 Å². The van der Waals surface area contributed by atoms with Gasteiger partial charge in [-0.1, -0.05) is 0 Å². The first-order valence-electron chi connectivity index (χ1n) is 4.02. The van der Waals surface area contributed by atoms with E-state index in [-0.39, 0.29) is 5.25 Å². The molecule has 1 heterocycles. The van der Waals surface area contributed by atoms with Crippen LogP contribution < -0.4 is 4.72 Å². The van der Waals surface area contributed by atoms with Crippen molar-refractivity contribution in [1.29, 1.82) is 0 Å². The van der Waals surface area contributed by atoms with E-state index >= 15 is 0 Å². The Morgan fingerprint density at radius 1 is 1.62 bits per heavy atom. The largest absolute Gasteiger partial charge is 0.281 e. The SMILES string of the molecule is Cc1nscc1NS(=O)(=O)C1CC1. The average Bonchev–Trinajstić information content (AvgIpc) is 2.80. The van der Waals surface area contributed by atoms with Crippen molar-refractivity contribution < 1.29 is 8.42 Å². The molecule has 4 nitrogen and oxygen atoms in total. The number of nitrogens with zero attached hydrogens (tertiary/aromatic N) is 1. The molecule has 0 radical (unpaired) electrons. The maximum Gasteiger partial charge on any atom is 0.235 e. The van der Waals surface area contributed by atoms with E-state index in [1.165, 1.54) is 11.5 Å². The molecule has 6 heteroatoms. The number of aryl methyl sites for hydroxylation is 1. The summed E-state index contributed by atoms with van der Waals surface area (Å²) in [6, 6.07) is 0. The fourth-order valence-electron chi connectivity index (χ4n) is 1.01. The third-order valence-corrected chi connectivity index (χ3v) is 4.54. The Hall–Kier alpha value is -0.620. The van der Waals surface area contributed by atoms with Crippen LogP contribution in [0.3, 0.4) is 0 Å². The monoisotopic (exact) mass is 218 g/mol. The van der Waals surface area contributed by atoms with Gasteiger partial charge in [0.25, 0.3) is 0 Å². The number of anilines is 1. The van der Waals surface area contributed by atoms with Gasteiger partial charge in [-0.2, -0.15) is 4.37 Å². The standard InChI is InChI=1S/C7H10N2O2S2/c1-5-7(4-12-8-5)9-13(10,11)6-2-3-6/h4,6,9H,2-3H2,1H3. The predicted molar refractivity (Wildman–Crippen MR) is 52.4 cm³/mol. The first-order valence-corrected chi connectivity index (χ1v) is 6.40. The average molecular weight is 218 g/mol. The molecule has 0 bridgehead atoms. The molecular weight excluding hydrogens is 208 g/mol. The molecule has 1 saturated carbocycles. The van der Waals surface area contributed by atoms with Crippen LogP contribution in [0.2, 0.25) is 0 Å². The van der Waals surface area contributed by atoms with Gasteiger partial charge in [0.1, 0.15) is 0 Å². The molecule has 0 unspecified atom stereocenters. The molecule has 0 atom stereocenters. The lowest BCUT2D eigenvalue weighted by Crippen LogP contribution is -2.17. The van der Waals surface area contributed by atoms with E-state index in [0.717, 1.165) is 18.5 Å². The van der Waals surface area contributed by atoms with E-state index in [9.17, 15) is 8.42 Å². The van der Waals surface area contributed by atoms with Crippen molar-refractivity contribution in [2.45, 2.75) is 25.0 Å². The fraction of sp³-hybridized carbons (Fsp3) is 0.571. The second kappa shape index (κ2) is 2.95. The van der Waals surface area contributed by atoms with Crippen LogP contribution in [0.4, 0.5) is 5.69 Å². The molecule has 72 valence electrons. The van der Waals surface area contributed by atoms with E-state index in [2.05, 4.69) is 9.10 Å². The third-order valence-electron chi connectivity index (χ3n) is 1.97. The summed E-state index contributed by atoms with van der Waals surface area (Å²) in [4.78, 5) is 0. The van der Waals surface area contributed by atoms with Crippen molar-refractivity contribution in [3.8, 4) is 0 Å². The van der Waals surface area contributed by atoms with Gasteiger partial charge < -0.3 is 0 Å². The number of rotatable bonds is 3. The number of aromatic nitrogens is 1. The van der Waals surface area contributed by atoms with Crippen LogP contribution in [0.5, 0.6) is 0 Å². The molecule has 0 aromatic carbocycles. The minimum atomic E-state index is -3.12. The maximum atomic E-state index is 11.5. The van der Waals surface area contributed by atoms with E-state index < -0.39 is 10.0 Å². The summed E-state index contributed by atoms with van der Waals surface area (Å²) in [6.07, 6.45) is 1.57. The molecule has 2 rings (SSSR count). The van der Waals surface area contributed by atoms with E-state index in [1.54, 1.807) is 12.3 Å². The first kappa shape index (κ1) is 8.96. The Labute approximate surface area is 81.2 Å². The maximum absolute atomic E-state index is 11.5. The molecule has 0 spiro atoms. The van der Waals surface area contributed by atoms with E-state index in [4.69, 9.17) is 0 Å². The highest BCUT2D eigenvalue weighted by Gasteiger charge is 2.36. The van der Waals surface area contributed by atoms with Gasteiger partial charge in [0, 0.05) is 5.38 Å². The highest BCUT2D eigenvalue weighted by atomic mass is 32.2. The number of hydrogen-bond acceptors (Lipinski definition) is 4. The lowest BCUT2D eigenvalue weighted by Gasteiger charge is -2.04. The van der Waals surface area contributed by atoms with Crippen molar-refractivity contribution in [3.63, 3.8) is 0 Å². The highest BCUT2D eigenvalue weighted by molar-refractivity contribution is 7.93. The molecule has 0 saturated heterocycles. The molecule has 0 aliphatic heterocycles. The number of nitrogens with one attached hydrogen (secondary N) is 1. The first-order chi connectivity index (χ1) is 6.09. The lowest BCUT2D eigenvalue weighted by atomic mass is 10.4. The number of hydrogen-bond donors (Lipinski definition) is 1. The van der Waals surface area contributed by atoms with Crippen LogP contribution in [-0.4, -0.2) is 18.0 Å². The van der Waals surface area contributed by atoms with Gasteiger partial charge in [-0.3, -0.25) is 4.72 Å². The van der Waals surface area contributed by atoms with Crippen molar-refractivity contribution in [2.75, 3.05) is 4.72 Å². The molecule has 1 fully saturated rings. The zero-order valence-electron chi connectivity index (χ0n) is 7.15. The third kappa shape index (κ3) is 1.83. The van der Waals surface area contributed by atoms with Crippen LogP contribution in [0.1, 0.15) is 18.5 Å². The summed E-state index contributed by atoms with van der Waals surface area (Å²) >= 11 is 1.26. The molecule has 1 N–H and O–H groups in total. The summed E-state index contributed by atoms with van der Waals surface area (Å²) in [5.41, 5.74) is 1.37. The van der Waals surface area contributed by atoms with Crippen molar-refractivity contribution >= 4 is 27.2 Å². The highest BCUT2D eigenvalue weighted by Crippen LogP contribution is 2.30. The minimum Gasteiger partial charge on any atom is -0.281 e. The van der Waals surface area contributed by atoms with Crippen LogP contribution in [-0.2, 0) is 10.0 Å². The molecule has 1 aromatic heterocycles. The Kier molecular flexibility index (Phi) is 2.03. The second-order valence-corrected chi connectivity index (χ2v) is 5.75. The Bertz CT molecular complexity index is 406. The summed E-state index contributed by atoms with van der Waals surface area (Å²) in [5, 5.41) is 1.54. The zero-order chi connectivity index (χ0) is 9.47. The van der Waals surface area contributed by atoms with Gasteiger partial charge >= 0.3 is 0 Å². The van der Waals surface area contributed by atoms with Gasteiger partial charge in [-0.05, 0) is 31.3 Å². The Balaban J connectivity index is 2.18. The van der Waals surface area contributed by atoms with Gasteiger partial charge in [0.05, 0.1) is 16.6 Å². The molecule has 1 aromatic rings. The molecule has 0 amide bonds. The van der Waals surface area contributed by atoms with Gasteiger partial charge in [0.15, 0.2) is 0 Å². The van der Waals surface area contributed by atoms with E-state index in [0.29, 0.717) is 5.69 Å². The van der Waals surface area contributed by atoms with Crippen molar-refractivity contribution in [1.82, 2.24) is 4.37 Å². The summed E-state index contributed by atoms with van der Waals surface area (Å²) in [7, 11) is -3.12. The van der Waals surface area contributed by atoms with Crippen LogP contribution >= 0.6 is 11.5 Å². The summed E-state index contributed by atoms with van der Waals surface area (Å²) in [5.74, 6) is 0. The normalized spacial score (nSPS) is 17.3. The topological polar surface area (TPSA) is 59.1 Å². The quantitative estimate of drug-likeness (QED) is 0.833. The molecular formula is C7H10N2O2S2. The summed E-state index contributed by atoms with van der Waals surface area (Å²) in [6.45, 7) is 1.79. The molecule has 1 aliphatic carbocycles. The van der Waals surface area contributed by atoms with Gasteiger partial charge in [-0.25, -0.2) is 8.42 Å². The van der Waals surface area contributed by atoms with Gasteiger partial charge in [-0.15, -0.1) is 0 Å². The van der Waals surface area contributed by atoms with Gasteiger partial charge in [0.2, 0.25) is 10.0 Å². The Morgan fingerprint density at radius 3 is 2.77 bits per heavy atom. The van der Waals surface area contributed by atoms with Crippen LogP contribution in [0, 0.1) is 6.92 Å².